The van der Waals surface area contributed by atoms with Crippen molar-refractivity contribution in [2.24, 2.45) is 0 Å². The summed E-state index contributed by atoms with van der Waals surface area (Å²) in [6, 6.07) is 0. The van der Waals surface area contributed by atoms with E-state index in [0.717, 1.165) is 20.8 Å². The third-order valence-electron chi connectivity index (χ3n) is 2.96. The van der Waals surface area contributed by atoms with E-state index in [0.29, 0.717) is 0 Å². The highest BCUT2D eigenvalue weighted by molar-refractivity contribution is 9.09. The van der Waals surface area contributed by atoms with Crippen LogP contribution in [-0.4, -0.2) is 65.8 Å². The summed E-state index contributed by atoms with van der Waals surface area (Å²) in [6.07, 6.45) is -4.64. The zero-order valence-corrected chi connectivity index (χ0v) is 15.9. The second kappa shape index (κ2) is 9.93. The van der Waals surface area contributed by atoms with E-state index in [4.69, 9.17) is 36.7 Å². The minimum Gasteiger partial charge on any atom is -0.462 e. The molecule has 0 amide bonds. The lowest BCUT2D eigenvalue weighted by Crippen LogP contribution is -2.61. The van der Waals surface area contributed by atoms with Crippen LogP contribution in [0.3, 0.4) is 0 Å². The van der Waals surface area contributed by atoms with Gasteiger partial charge in [-0.1, -0.05) is 15.9 Å². The Morgan fingerprint density at radius 2 is 1.48 bits per heavy atom. The Kier molecular flexibility index (Phi) is 7.91. The Morgan fingerprint density at radius 3 is 1.96 bits per heavy atom. The molecule has 0 aromatic heterocycles. The van der Waals surface area contributed by atoms with Gasteiger partial charge in [0.05, 0.1) is 1.37 Å². The minimum absolute atomic E-state index is 0.439. The zero-order chi connectivity index (χ0) is 20.0. The number of rotatable bonds is 6. The van der Waals surface area contributed by atoms with Crippen molar-refractivity contribution >= 4 is 51.4 Å². The molecule has 0 aromatic carbocycles. The van der Waals surface area contributed by atoms with Crippen molar-refractivity contribution in [1.82, 2.24) is 0 Å². The van der Waals surface area contributed by atoms with Crippen molar-refractivity contribution in [3.63, 3.8) is 0 Å². The van der Waals surface area contributed by atoms with E-state index in [2.05, 4.69) is 15.9 Å². The molecule has 2 unspecified atom stereocenters. The lowest BCUT2D eigenvalue weighted by atomic mass is 9.99. The van der Waals surface area contributed by atoms with Gasteiger partial charge >= 0.3 is 23.9 Å². The van der Waals surface area contributed by atoms with Crippen LogP contribution < -0.4 is 0 Å². The molecule has 0 radical (unpaired) electrons. The lowest BCUT2D eigenvalue weighted by molar-refractivity contribution is -0.236. The van der Waals surface area contributed by atoms with Gasteiger partial charge in [0.15, 0.2) is 23.3 Å². The maximum Gasteiger partial charge on any atom is 0.320 e. The van der Waals surface area contributed by atoms with Crippen LogP contribution in [0.1, 0.15) is 22.1 Å². The fourth-order valence-corrected chi connectivity index (χ4v) is 2.92. The van der Waals surface area contributed by atoms with Crippen LogP contribution in [0.25, 0.3) is 0 Å². The molecule has 142 valence electrons. The summed E-state index contributed by atoms with van der Waals surface area (Å²) in [7, 11) is 0. The second-order valence-corrected chi connectivity index (χ2v) is 6.11. The molecule has 0 N–H and O–H groups in total. The average molecular weight is 447 g/mol. The van der Waals surface area contributed by atoms with Crippen molar-refractivity contribution in [1.29, 1.82) is 0 Å². The number of esters is 4. The van der Waals surface area contributed by atoms with E-state index in [1.54, 1.807) is 0 Å². The molecule has 11 heteroatoms. The van der Waals surface area contributed by atoms with Gasteiger partial charge in [-0.05, 0) is 0 Å². The van der Waals surface area contributed by atoms with Crippen molar-refractivity contribution in [2.75, 3.05) is 12.5 Å². The third-order valence-corrected chi connectivity index (χ3v) is 3.88. The first-order valence-corrected chi connectivity index (χ1v) is 8.42. The Labute approximate surface area is 158 Å². The molecule has 6 atom stereocenters. The third kappa shape index (κ3) is 6.79. The Bertz CT molecular complexity index is 559. The standard InChI is InChI=1S/C14H18BrClO9/c1-6(17)22-11-9(5-21-10(20)4-16)25-14(15)13(24-8(3)19)12(11)23-7(2)18/h9,11-14H,4-5H2,1-3H3/t9-,11-,12+,13-,14?/m1/s1/i4D/t4?,9-,11-,12+,13-,14?. The van der Waals surface area contributed by atoms with E-state index >= 15 is 0 Å². The van der Waals surface area contributed by atoms with Crippen molar-refractivity contribution in [3.8, 4) is 0 Å². The molecule has 1 aliphatic rings. The molecule has 9 nitrogen and oxygen atoms in total. The molecule has 1 aliphatic heterocycles. The second-order valence-electron chi connectivity index (χ2n) is 4.99. The highest BCUT2D eigenvalue weighted by Crippen LogP contribution is 2.31. The van der Waals surface area contributed by atoms with Crippen molar-refractivity contribution in [2.45, 2.75) is 50.2 Å². The Balaban J connectivity index is 3.09. The molecule has 0 spiro atoms. The highest BCUT2D eigenvalue weighted by Gasteiger charge is 2.51. The molecule has 25 heavy (non-hydrogen) atoms. The van der Waals surface area contributed by atoms with Crippen LogP contribution in [0.5, 0.6) is 0 Å². The SMILES string of the molecule is [2H]C(Cl)C(=O)OC[C@H]1OC(Br)[C@H](OC(C)=O)[C@@H](OC(C)=O)[C@@H]1OC(C)=O. The van der Waals surface area contributed by atoms with Gasteiger partial charge in [0.2, 0.25) is 0 Å². The molecule has 1 heterocycles. The number of carbonyl (C=O) groups excluding carboxylic acids is 4. The fourth-order valence-electron chi connectivity index (χ4n) is 2.17. The fraction of sp³-hybridized carbons (Fsp3) is 0.714. The molecule has 0 bridgehead atoms. The minimum atomic E-state index is -1.64. The highest BCUT2D eigenvalue weighted by atomic mass is 79.9. The number of hydrogen-bond donors (Lipinski definition) is 0. The molecular weight excluding hydrogens is 428 g/mol. The predicted molar refractivity (Wildman–Crippen MR) is 85.9 cm³/mol. The van der Waals surface area contributed by atoms with Crippen molar-refractivity contribution in [3.05, 3.63) is 0 Å². The van der Waals surface area contributed by atoms with Gasteiger partial charge in [-0.2, -0.15) is 0 Å². The number of alkyl halides is 2. The van der Waals surface area contributed by atoms with E-state index < -0.39 is 65.8 Å². The first-order chi connectivity index (χ1) is 12.0. The maximum atomic E-state index is 11.5. The van der Waals surface area contributed by atoms with E-state index in [9.17, 15) is 19.2 Å². The summed E-state index contributed by atoms with van der Waals surface area (Å²) >= 11 is 8.45. The van der Waals surface area contributed by atoms with Crippen LogP contribution in [-0.2, 0) is 42.9 Å². The lowest BCUT2D eigenvalue weighted by Gasteiger charge is -2.42. The molecule has 0 aliphatic carbocycles. The largest absolute Gasteiger partial charge is 0.462 e. The van der Waals surface area contributed by atoms with Gasteiger partial charge < -0.3 is 23.7 Å². The summed E-state index contributed by atoms with van der Waals surface area (Å²) in [4.78, 5) is 45.6. The molecular formula is C14H18BrClO9. The van der Waals surface area contributed by atoms with Gasteiger partial charge in [-0.25, -0.2) is 0 Å². The van der Waals surface area contributed by atoms with Crippen LogP contribution in [0.2, 0.25) is 0 Å². The van der Waals surface area contributed by atoms with Gasteiger partial charge in [0.1, 0.15) is 18.6 Å². The van der Waals surface area contributed by atoms with Gasteiger partial charge in [0, 0.05) is 20.8 Å². The molecule has 1 saturated heterocycles. The topological polar surface area (TPSA) is 114 Å². The number of hydrogen-bond acceptors (Lipinski definition) is 9. The summed E-state index contributed by atoms with van der Waals surface area (Å²) in [5.74, 6) is -4.78. The summed E-state index contributed by atoms with van der Waals surface area (Å²) in [5.41, 5.74) is 0. The van der Waals surface area contributed by atoms with E-state index in [1.807, 2.05) is 0 Å². The summed E-state index contributed by atoms with van der Waals surface area (Å²) < 4.78 is 32.9. The maximum absolute atomic E-state index is 11.5. The number of halogens is 2. The molecule has 1 rings (SSSR count). The summed E-state index contributed by atoms with van der Waals surface area (Å²) in [5, 5.41) is -0.950. The van der Waals surface area contributed by atoms with Crippen LogP contribution in [0.4, 0.5) is 0 Å². The molecule has 0 aromatic rings. The predicted octanol–water partition coefficient (Wildman–Crippen LogP) is 0.683. The first kappa shape index (κ1) is 19.9. The normalized spacial score (nSPS) is 30.4. The Morgan fingerprint density at radius 1 is 1.00 bits per heavy atom. The number of carbonyl (C=O) groups is 4. The van der Waals surface area contributed by atoms with Gasteiger partial charge in [-0.3, -0.25) is 19.2 Å². The van der Waals surface area contributed by atoms with Crippen LogP contribution in [0, 0.1) is 0 Å². The van der Waals surface area contributed by atoms with Crippen LogP contribution >= 0.6 is 27.5 Å². The number of ether oxygens (including phenoxy) is 5. The average Bonchev–Trinajstić information content (AvgIpc) is 2.50. The smallest absolute Gasteiger partial charge is 0.320 e. The summed E-state index contributed by atoms with van der Waals surface area (Å²) in [6.45, 7) is 2.95. The van der Waals surface area contributed by atoms with Crippen LogP contribution in [0.15, 0.2) is 0 Å². The first-order valence-electron chi connectivity index (χ1n) is 7.64. The monoisotopic (exact) mass is 445 g/mol. The molecule has 1 fully saturated rings. The zero-order valence-electron chi connectivity index (χ0n) is 14.6. The molecule has 0 saturated carbocycles. The van der Waals surface area contributed by atoms with Crippen molar-refractivity contribution < 1.29 is 44.2 Å². The van der Waals surface area contributed by atoms with Gasteiger partial charge in [0.25, 0.3) is 0 Å². The van der Waals surface area contributed by atoms with Gasteiger partial charge in [-0.15, -0.1) is 11.6 Å². The van der Waals surface area contributed by atoms with E-state index in [-0.39, 0.29) is 0 Å². The van der Waals surface area contributed by atoms with E-state index in [1.165, 1.54) is 0 Å². The Hall–Kier alpha value is -1.39. The quantitative estimate of drug-likeness (QED) is 0.330.